The van der Waals surface area contributed by atoms with E-state index in [2.05, 4.69) is 0 Å². The number of carbonyl (C=O) groups is 2. The van der Waals surface area contributed by atoms with Crippen LogP contribution in [0.2, 0.25) is 0 Å². The lowest BCUT2D eigenvalue weighted by Crippen LogP contribution is -2.54. The minimum atomic E-state index is -0.978. The number of carbonyl (C=O) groups excluding carboxylic acids is 1. The third-order valence-electron chi connectivity index (χ3n) is 3.49. The Bertz CT molecular complexity index is 333. The van der Waals surface area contributed by atoms with Crippen molar-refractivity contribution in [1.82, 2.24) is 9.80 Å². The van der Waals surface area contributed by atoms with Crippen molar-refractivity contribution in [3.63, 3.8) is 0 Å². The van der Waals surface area contributed by atoms with Crippen LogP contribution in [0.5, 0.6) is 0 Å². The second-order valence-electron chi connectivity index (χ2n) is 5.26. The zero-order chi connectivity index (χ0) is 13.3. The quantitative estimate of drug-likeness (QED) is 0.809. The molecule has 2 saturated heterocycles. The number of morpholine rings is 1. The average Bonchev–Trinajstić information content (AvgIpc) is 2.63. The fourth-order valence-corrected chi connectivity index (χ4v) is 2.57. The number of amides is 2. The van der Waals surface area contributed by atoms with E-state index in [4.69, 9.17) is 9.84 Å². The molecule has 2 aliphatic rings. The van der Waals surface area contributed by atoms with Gasteiger partial charge in [-0.15, -0.1) is 0 Å². The van der Waals surface area contributed by atoms with Crippen molar-refractivity contribution in [1.29, 1.82) is 0 Å². The summed E-state index contributed by atoms with van der Waals surface area (Å²) in [5, 5.41) is 8.86. The molecule has 2 unspecified atom stereocenters. The van der Waals surface area contributed by atoms with Gasteiger partial charge in [-0.05, 0) is 26.7 Å². The fraction of sp³-hybridized carbons (Fsp3) is 0.833. The highest BCUT2D eigenvalue weighted by molar-refractivity contribution is 5.80. The Labute approximate surface area is 106 Å². The van der Waals surface area contributed by atoms with Crippen LogP contribution in [0.3, 0.4) is 0 Å². The van der Waals surface area contributed by atoms with E-state index in [0.29, 0.717) is 13.1 Å². The van der Waals surface area contributed by atoms with E-state index >= 15 is 0 Å². The summed E-state index contributed by atoms with van der Waals surface area (Å²) in [4.78, 5) is 26.3. The molecule has 2 amide bonds. The summed E-state index contributed by atoms with van der Waals surface area (Å²) in [5.74, 6) is -0.978. The van der Waals surface area contributed by atoms with Crippen LogP contribution >= 0.6 is 0 Å². The SMILES string of the molecule is CC(C)N(CC(=O)O)C(=O)N1CC2CCC(C1)O2. The summed E-state index contributed by atoms with van der Waals surface area (Å²) in [6.45, 7) is 4.57. The van der Waals surface area contributed by atoms with Crippen LogP contribution in [0.25, 0.3) is 0 Å². The molecule has 2 atom stereocenters. The van der Waals surface area contributed by atoms with E-state index < -0.39 is 5.97 Å². The summed E-state index contributed by atoms with van der Waals surface area (Å²) in [5.41, 5.74) is 0. The predicted molar refractivity (Wildman–Crippen MR) is 64.3 cm³/mol. The van der Waals surface area contributed by atoms with Crippen LogP contribution in [-0.2, 0) is 9.53 Å². The van der Waals surface area contributed by atoms with Crippen molar-refractivity contribution >= 4 is 12.0 Å². The van der Waals surface area contributed by atoms with Gasteiger partial charge >= 0.3 is 12.0 Å². The number of hydrogen-bond donors (Lipinski definition) is 1. The zero-order valence-electron chi connectivity index (χ0n) is 10.8. The number of urea groups is 1. The van der Waals surface area contributed by atoms with Gasteiger partial charge in [0.2, 0.25) is 0 Å². The molecule has 0 aliphatic carbocycles. The molecule has 0 spiro atoms. The second kappa shape index (κ2) is 5.14. The molecule has 2 fully saturated rings. The maximum Gasteiger partial charge on any atom is 0.323 e. The van der Waals surface area contributed by atoms with Gasteiger partial charge in [-0.2, -0.15) is 0 Å². The lowest BCUT2D eigenvalue weighted by atomic mass is 10.2. The van der Waals surface area contributed by atoms with Crippen molar-refractivity contribution in [3.05, 3.63) is 0 Å². The first-order valence-corrected chi connectivity index (χ1v) is 6.40. The number of nitrogens with zero attached hydrogens (tertiary/aromatic N) is 2. The smallest absolute Gasteiger partial charge is 0.323 e. The van der Waals surface area contributed by atoms with Gasteiger partial charge in [0, 0.05) is 19.1 Å². The summed E-state index contributed by atoms with van der Waals surface area (Å²) in [6, 6.07) is -0.304. The van der Waals surface area contributed by atoms with E-state index in [0.717, 1.165) is 12.8 Å². The molecule has 0 aromatic carbocycles. The monoisotopic (exact) mass is 256 g/mol. The van der Waals surface area contributed by atoms with Crippen LogP contribution in [0.4, 0.5) is 4.79 Å². The Hall–Kier alpha value is -1.30. The molecule has 2 rings (SSSR count). The Kier molecular flexibility index (Phi) is 3.75. The lowest BCUT2D eigenvalue weighted by Gasteiger charge is -2.37. The van der Waals surface area contributed by atoms with Gasteiger partial charge in [0.1, 0.15) is 6.54 Å². The van der Waals surface area contributed by atoms with Crippen LogP contribution in [0.15, 0.2) is 0 Å². The third kappa shape index (κ3) is 2.75. The molecule has 102 valence electrons. The fourth-order valence-electron chi connectivity index (χ4n) is 2.57. The number of aliphatic carboxylic acids is 1. The first kappa shape index (κ1) is 13.1. The molecule has 0 aromatic rings. The molecule has 0 radical (unpaired) electrons. The van der Waals surface area contributed by atoms with Crippen LogP contribution in [0, 0.1) is 0 Å². The topological polar surface area (TPSA) is 70.1 Å². The van der Waals surface area contributed by atoms with E-state index in [9.17, 15) is 9.59 Å². The van der Waals surface area contributed by atoms with E-state index in [1.54, 1.807) is 4.90 Å². The first-order chi connectivity index (χ1) is 8.47. The average molecular weight is 256 g/mol. The van der Waals surface area contributed by atoms with Gasteiger partial charge in [-0.3, -0.25) is 4.79 Å². The lowest BCUT2D eigenvalue weighted by molar-refractivity contribution is -0.138. The van der Waals surface area contributed by atoms with Crippen molar-refractivity contribution < 1.29 is 19.4 Å². The highest BCUT2D eigenvalue weighted by Crippen LogP contribution is 2.27. The van der Waals surface area contributed by atoms with E-state index in [-0.39, 0.29) is 30.8 Å². The molecule has 6 nitrogen and oxygen atoms in total. The Morgan fingerprint density at radius 3 is 2.33 bits per heavy atom. The van der Waals surface area contributed by atoms with Crippen molar-refractivity contribution in [2.75, 3.05) is 19.6 Å². The third-order valence-corrected chi connectivity index (χ3v) is 3.49. The summed E-state index contributed by atoms with van der Waals surface area (Å²) < 4.78 is 5.67. The predicted octanol–water partition coefficient (Wildman–Crippen LogP) is 0.765. The molecule has 6 heteroatoms. The number of fused-ring (bicyclic) bond motifs is 2. The molecule has 2 heterocycles. The molecular weight excluding hydrogens is 236 g/mol. The van der Waals surface area contributed by atoms with Gasteiger partial charge in [0.05, 0.1) is 12.2 Å². The van der Waals surface area contributed by atoms with Gasteiger partial charge < -0.3 is 19.6 Å². The summed E-state index contributed by atoms with van der Waals surface area (Å²) in [6.07, 6.45) is 2.25. The van der Waals surface area contributed by atoms with Gasteiger partial charge in [0.25, 0.3) is 0 Å². The van der Waals surface area contributed by atoms with Gasteiger partial charge in [-0.1, -0.05) is 0 Å². The first-order valence-electron chi connectivity index (χ1n) is 6.40. The van der Waals surface area contributed by atoms with E-state index in [1.807, 2.05) is 13.8 Å². The van der Waals surface area contributed by atoms with Crippen molar-refractivity contribution in [2.45, 2.75) is 44.9 Å². The van der Waals surface area contributed by atoms with Crippen LogP contribution < -0.4 is 0 Å². The zero-order valence-corrected chi connectivity index (χ0v) is 10.8. The van der Waals surface area contributed by atoms with Crippen molar-refractivity contribution in [2.24, 2.45) is 0 Å². The molecule has 0 aromatic heterocycles. The number of carboxylic acids is 1. The number of carboxylic acid groups (broad SMARTS) is 1. The second-order valence-corrected chi connectivity index (χ2v) is 5.26. The largest absolute Gasteiger partial charge is 0.480 e. The van der Waals surface area contributed by atoms with Gasteiger partial charge in [0.15, 0.2) is 0 Å². The highest BCUT2D eigenvalue weighted by Gasteiger charge is 2.37. The standard InChI is InChI=1S/C12H20N2O4/c1-8(2)14(7-11(15)16)12(17)13-5-9-3-4-10(6-13)18-9/h8-10H,3-7H2,1-2H3,(H,15,16). The van der Waals surface area contributed by atoms with Gasteiger partial charge in [-0.25, -0.2) is 4.79 Å². The van der Waals surface area contributed by atoms with Crippen LogP contribution in [0.1, 0.15) is 26.7 Å². The summed E-state index contributed by atoms with van der Waals surface area (Å²) in [7, 11) is 0. The molecular formula is C12H20N2O4. The van der Waals surface area contributed by atoms with Crippen LogP contribution in [-0.4, -0.2) is 64.8 Å². The Morgan fingerprint density at radius 1 is 1.33 bits per heavy atom. The normalized spacial score (nSPS) is 26.5. The molecule has 1 N–H and O–H groups in total. The summed E-state index contributed by atoms with van der Waals surface area (Å²) >= 11 is 0. The minimum absolute atomic E-state index is 0.117. The number of hydrogen-bond acceptors (Lipinski definition) is 3. The number of ether oxygens (including phenoxy) is 1. The molecule has 2 bridgehead atoms. The minimum Gasteiger partial charge on any atom is -0.480 e. The Morgan fingerprint density at radius 2 is 1.89 bits per heavy atom. The molecule has 0 saturated carbocycles. The number of likely N-dealkylation sites (tertiary alicyclic amines) is 1. The Balaban J connectivity index is 2.01. The highest BCUT2D eigenvalue weighted by atomic mass is 16.5. The number of rotatable bonds is 3. The van der Waals surface area contributed by atoms with Crippen molar-refractivity contribution in [3.8, 4) is 0 Å². The maximum absolute atomic E-state index is 12.3. The molecule has 18 heavy (non-hydrogen) atoms. The van der Waals surface area contributed by atoms with E-state index in [1.165, 1.54) is 4.90 Å². The maximum atomic E-state index is 12.3. The molecule has 2 aliphatic heterocycles.